The number of nitrogens with zero attached hydrogens (tertiary/aromatic N) is 2. The van der Waals surface area contributed by atoms with Gasteiger partial charge in [0, 0.05) is 31.9 Å². The molecule has 1 aromatic heterocycles. The molecule has 1 amide bonds. The van der Waals surface area contributed by atoms with Crippen molar-refractivity contribution in [2.24, 2.45) is 5.84 Å². The molecule has 0 aliphatic carbocycles. The van der Waals surface area contributed by atoms with Gasteiger partial charge in [-0.1, -0.05) is 11.6 Å². The lowest BCUT2D eigenvalue weighted by Crippen LogP contribution is -2.46. The van der Waals surface area contributed by atoms with Gasteiger partial charge >= 0.3 is 0 Å². The number of rotatable bonds is 5. The van der Waals surface area contributed by atoms with Crippen LogP contribution in [0.25, 0.3) is 0 Å². The van der Waals surface area contributed by atoms with Crippen molar-refractivity contribution < 1.29 is 9.53 Å². The molecule has 0 aromatic carbocycles. The van der Waals surface area contributed by atoms with Crippen molar-refractivity contribution in [2.45, 2.75) is 13.0 Å². The lowest BCUT2D eigenvalue weighted by Gasteiger charge is -2.29. The maximum atomic E-state index is 12.1. The molecule has 0 saturated carbocycles. The number of nitrogens with one attached hydrogen (secondary N) is 2. The first-order valence-electron chi connectivity index (χ1n) is 6.83. The molecule has 2 rings (SSSR count). The van der Waals surface area contributed by atoms with Gasteiger partial charge in [-0.15, -0.1) is 0 Å². The number of nitrogen functional groups attached to an aromatic ring is 1. The van der Waals surface area contributed by atoms with E-state index in [1.807, 2.05) is 6.92 Å². The van der Waals surface area contributed by atoms with Gasteiger partial charge < -0.3 is 15.5 Å². The van der Waals surface area contributed by atoms with Crippen LogP contribution in [0.5, 0.6) is 0 Å². The summed E-state index contributed by atoms with van der Waals surface area (Å²) in [6.07, 6.45) is 1.44. The van der Waals surface area contributed by atoms with E-state index in [1.165, 1.54) is 6.20 Å². The summed E-state index contributed by atoms with van der Waals surface area (Å²) in [7, 11) is 0. The van der Waals surface area contributed by atoms with Crippen molar-refractivity contribution in [3.63, 3.8) is 0 Å². The van der Waals surface area contributed by atoms with Crippen molar-refractivity contribution in [3.05, 3.63) is 22.8 Å². The monoisotopic (exact) mass is 313 g/mol. The molecule has 4 N–H and O–H groups in total. The van der Waals surface area contributed by atoms with Crippen LogP contribution in [0.1, 0.15) is 17.3 Å². The van der Waals surface area contributed by atoms with Crippen LogP contribution in [0, 0.1) is 0 Å². The smallest absolute Gasteiger partial charge is 0.253 e. The second-order valence-corrected chi connectivity index (χ2v) is 5.39. The fraction of sp³-hybridized carbons (Fsp3) is 0.538. The maximum absolute atomic E-state index is 12.1. The maximum Gasteiger partial charge on any atom is 0.253 e. The third kappa shape index (κ3) is 4.53. The van der Waals surface area contributed by atoms with Gasteiger partial charge in [0.2, 0.25) is 0 Å². The zero-order valence-corrected chi connectivity index (χ0v) is 12.7. The average molecular weight is 314 g/mol. The van der Waals surface area contributed by atoms with Gasteiger partial charge in [0.15, 0.2) is 5.82 Å². The molecule has 1 aliphatic heterocycles. The number of hydrazine groups is 1. The molecule has 1 saturated heterocycles. The Hall–Kier alpha value is -1.41. The van der Waals surface area contributed by atoms with Crippen molar-refractivity contribution in [1.29, 1.82) is 0 Å². The van der Waals surface area contributed by atoms with Gasteiger partial charge in [-0.3, -0.25) is 9.69 Å². The fourth-order valence-corrected chi connectivity index (χ4v) is 2.41. The molecule has 116 valence electrons. The van der Waals surface area contributed by atoms with Crippen molar-refractivity contribution >= 4 is 23.3 Å². The number of halogens is 1. The molecule has 1 aliphatic rings. The molecule has 1 unspecified atom stereocenters. The van der Waals surface area contributed by atoms with Crippen LogP contribution in [0.4, 0.5) is 5.82 Å². The number of aromatic nitrogens is 1. The number of pyridine rings is 1. The van der Waals surface area contributed by atoms with Gasteiger partial charge in [0.1, 0.15) is 0 Å². The molecule has 1 atom stereocenters. The summed E-state index contributed by atoms with van der Waals surface area (Å²) in [6.45, 7) is 6.04. The minimum atomic E-state index is -0.200. The SMILES string of the molecule is CC(CN1CCOCC1)NC(=O)c1cnc(NN)c(Cl)c1. The Kier molecular flexibility index (Phi) is 5.75. The Balaban J connectivity index is 1.89. The lowest BCUT2D eigenvalue weighted by molar-refractivity contribution is 0.0342. The second kappa shape index (κ2) is 7.56. The molecule has 2 heterocycles. The fourth-order valence-electron chi connectivity index (χ4n) is 2.19. The third-order valence-corrected chi connectivity index (χ3v) is 3.54. The van der Waals surface area contributed by atoms with E-state index in [-0.39, 0.29) is 11.9 Å². The Morgan fingerprint density at radius 3 is 2.90 bits per heavy atom. The molecular formula is C13H20ClN5O2. The van der Waals surface area contributed by atoms with Crippen molar-refractivity contribution in [1.82, 2.24) is 15.2 Å². The topological polar surface area (TPSA) is 92.5 Å². The van der Waals surface area contributed by atoms with E-state index in [0.717, 1.165) is 32.8 Å². The van der Waals surface area contributed by atoms with E-state index in [1.54, 1.807) is 6.07 Å². The van der Waals surface area contributed by atoms with E-state index in [2.05, 4.69) is 20.6 Å². The van der Waals surface area contributed by atoms with Crippen LogP contribution >= 0.6 is 11.6 Å². The zero-order valence-electron chi connectivity index (χ0n) is 11.9. The predicted molar refractivity (Wildman–Crippen MR) is 81.2 cm³/mol. The summed E-state index contributed by atoms with van der Waals surface area (Å²) < 4.78 is 5.30. The lowest BCUT2D eigenvalue weighted by atomic mass is 10.2. The van der Waals surface area contributed by atoms with Crippen LogP contribution in [0.3, 0.4) is 0 Å². The molecule has 0 bridgehead atoms. The van der Waals surface area contributed by atoms with E-state index in [0.29, 0.717) is 16.4 Å². The first-order chi connectivity index (χ1) is 10.1. The van der Waals surface area contributed by atoms with Crippen LogP contribution in [0.15, 0.2) is 12.3 Å². The van der Waals surface area contributed by atoms with Crippen molar-refractivity contribution in [3.8, 4) is 0 Å². The molecular weight excluding hydrogens is 294 g/mol. The number of hydrogen-bond acceptors (Lipinski definition) is 6. The molecule has 1 fully saturated rings. The van der Waals surface area contributed by atoms with E-state index in [4.69, 9.17) is 22.2 Å². The minimum absolute atomic E-state index is 0.0293. The highest BCUT2D eigenvalue weighted by atomic mass is 35.5. The van der Waals surface area contributed by atoms with E-state index in [9.17, 15) is 4.79 Å². The molecule has 0 spiro atoms. The number of nitrogens with two attached hydrogens (primary N) is 1. The number of anilines is 1. The predicted octanol–water partition coefficient (Wildman–Crippen LogP) is 0.471. The summed E-state index contributed by atoms with van der Waals surface area (Å²) >= 11 is 5.96. The largest absolute Gasteiger partial charge is 0.379 e. The number of carbonyl (C=O) groups is 1. The first-order valence-corrected chi connectivity index (χ1v) is 7.21. The van der Waals surface area contributed by atoms with Crippen molar-refractivity contribution in [2.75, 3.05) is 38.3 Å². The number of amides is 1. The third-order valence-electron chi connectivity index (χ3n) is 3.25. The highest BCUT2D eigenvalue weighted by molar-refractivity contribution is 6.33. The highest BCUT2D eigenvalue weighted by Gasteiger charge is 2.16. The van der Waals surface area contributed by atoms with Gasteiger partial charge in [-0.2, -0.15) is 0 Å². The average Bonchev–Trinajstić information content (AvgIpc) is 2.48. The van der Waals surface area contributed by atoms with Crippen LogP contribution in [-0.2, 0) is 4.74 Å². The molecule has 1 aromatic rings. The Bertz CT molecular complexity index is 493. The quantitative estimate of drug-likeness (QED) is 0.540. The summed E-state index contributed by atoms with van der Waals surface area (Å²) in [5.74, 6) is 5.39. The number of carbonyl (C=O) groups excluding carboxylic acids is 1. The van der Waals surface area contributed by atoms with Gasteiger partial charge in [0.05, 0.1) is 23.8 Å². The number of ether oxygens (including phenoxy) is 1. The van der Waals surface area contributed by atoms with Gasteiger partial charge in [0.25, 0.3) is 5.91 Å². The summed E-state index contributed by atoms with van der Waals surface area (Å²) in [5, 5.41) is 3.25. The molecule has 21 heavy (non-hydrogen) atoms. The highest BCUT2D eigenvalue weighted by Crippen LogP contribution is 2.18. The zero-order chi connectivity index (χ0) is 15.2. The summed E-state index contributed by atoms with van der Waals surface area (Å²) in [5.41, 5.74) is 2.77. The Morgan fingerprint density at radius 2 is 2.29 bits per heavy atom. The first kappa shape index (κ1) is 16.0. The standard InChI is InChI=1S/C13H20ClN5O2/c1-9(8-19-2-4-21-5-3-19)17-13(20)10-6-11(14)12(18-15)16-7-10/h6-7,9H,2-5,8,15H2,1H3,(H,16,18)(H,17,20). The van der Waals surface area contributed by atoms with Crippen LogP contribution < -0.4 is 16.6 Å². The number of morpholine rings is 1. The molecule has 7 nitrogen and oxygen atoms in total. The normalized spacial score (nSPS) is 17.3. The van der Waals surface area contributed by atoms with Gasteiger partial charge in [-0.25, -0.2) is 10.8 Å². The summed E-state index contributed by atoms with van der Waals surface area (Å²) in [6, 6.07) is 1.57. The minimum Gasteiger partial charge on any atom is -0.379 e. The second-order valence-electron chi connectivity index (χ2n) is 4.99. The van der Waals surface area contributed by atoms with Crippen LogP contribution in [-0.4, -0.2) is 54.7 Å². The molecule has 8 heteroatoms. The molecule has 0 radical (unpaired) electrons. The van der Waals surface area contributed by atoms with Gasteiger partial charge in [-0.05, 0) is 13.0 Å². The van der Waals surface area contributed by atoms with E-state index < -0.39 is 0 Å². The summed E-state index contributed by atoms with van der Waals surface area (Å²) in [4.78, 5) is 18.4. The Morgan fingerprint density at radius 1 is 1.57 bits per heavy atom. The number of hydrogen-bond donors (Lipinski definition) is 3. The van der Waals surface area contributed by atoms with E-state index >= 15 is 0 Å². The van der Waals surface area contributed by atoms with Crippen LogP contribution in [0.2, 0.25) is 5.02 Å². The Labute approximate surface area is 128 Å².